The van der Waals surface area contributed by atoms with Gasteiger partial charge in [0.2, 0.25) is 0 Å². The molecule has 0 amide bonds. The van der Waals surface area contributed by atoms with Gasteiger partial charge in [0.05, 0.1) is 18.0 Å². The van der Waals surface area contributed by atoms with E-state index in [0.29, 0.717) is 0 Å². The van der Waals surface area contributed by atoms with E-state index >= 15 is 0 Å². The number of aromatic nitrogens is 3. The van der Waals surface area contributed by atoms with Gasteiger partial charge in [0.15, 0.2) is 0 Å². The Bertz CT molecular complexity index is 1010. The first-order valence-electron chi connectivity index (χ1n) is 10.6. The summed E-state index contributed by atoms with van der Waals surface area (Å²) in [6, 6.07) is 8.95. The van der Waals surface area contributed by atoms with Crippen molar-refractivity contribution < 1.29 is 18.6 Å². The van der Waals surface area contributed by atoms with Crippen LogP contribution >= 0.6 is 0 Å². The van der Waals surface area contributed by atoms with Crippen LogP contribution < -0.4 is 4.90 Å². The number of rotatable bonds is 4. The number of pyridine rings is 1. The maximum Gasteiger partial charge on any atom is 0.134 e. The van der Waals surface area contributed by atoms with Gasteiger partial charge in [-0.2, -0.15) is 0 Å². The smallest absolute Gasteiger partial charge is 0.134 e. The topological polar surface area (TPSA) is 37.2 Å². The molecule has 159 valence electrons. The normalized spacial score (nSPS) is 13.9. The van der Waals surface area contributed by atoms with Crippen LogP contribution in [0.4, 0.5) is 11.5 Å². The Morgan fingerprint density at radius 1 is 1.10 bits per heavy atom. The van der Waals surface area contributed by atoms with Crippen molar-refractivity contribution in [2.45, 2.75) is 33.6 Å². The third-order valence-corrected chi connectivity index (χ3v) is 5.55. The van der Waals surface area contributed by atoms with Crippen molar-refractivity contribution in [3.05, 3.63) is 54.0 Å². The van der Waals surface area contributed by atoms with Crippen molar-refractivity contribution in [3.63, 3.8) is 0 Å². The van der Waals surface area contributed by atoms with Crippen LogP contribution in [0.25, 0.3) is 16.6 Å². The van der Waals surface area contributed by atoms with Crippen LogP contribution in [0.3, 0.4) is 0 Å². The molecular weight excluding hydrogens is 409 g/mol. The molecule has 0 atom stereocenters. The van der Waals surface area contributed by atoms with Crippen LogP contribution in [-0.2, 0) is 32.0 Å². The van der Waals surface area contributed by atoms with Crippen LogP contribution in [0.2, 0.25) is 0 Å². The van der Waals surface area contributed by atoms with Gasteiger partial charge >= 0.3 is 0 Å². The molecule has 6 heteroatoms. The van der Waals surface area contributed by atoms with Crippen LogP contribution in [0.1, 0.15) is 38.3 Å². The average molecular weight is 443 g/mol. The summed E-state index contributed by atoms with van der Waals surface area (Å²) in [5, 5.41) is 0. The van der Waals surface area contributed by atoms with Gasteiger partial charge in [0.1, 0.15) is 11.3 Å². The second-order valence-corrected chi connectivity index (χ2v) is 7.38. The van der Waals surface area contributed by atoms with Crippen molar-refractivity contribution in [1.29, 1.82) is 0 Å². The molecule has 3 aromatic rings. The van der Waals surface area contributed by atoms with E-state index in [4.69, 9.17) is 0 Å². The standard InChI is InChI=1S/C22H27N5.C2H6.V/c1-5-16-12-18(17-8-10-25(2)11-9-17)6-7-20(16)27(4)22-13-21-19(14-23-22)24-15-26(21)3;1-2;/h6-8,12-15H,5,9-11H2,1-4H3;1-2H3;. The van der Waals surface area contributed by atoms with E-state index in [1.54, 1.807) is 0 Å². The molecule has 3 heterocycles. The molecule has 30 heavy (non-hydrogen) atoms. The molecule has 1 radical (unpaired) electrons. The number of fused-ring (bicyclic) bond motifs is 1. The number of aryl methyl sites for hydroxylation is 2. The van der Waals surface area contributed by atoms with Gasteiger partial charge in [-0.05, 0) is 48.7 Å². The summed E-state index contributed by atoms with van der Waals surface area (Å²) in [6.07, 6.45) is 8.16. The van der Waals surface area contributed by atoms with Crippen LogP contribution in [-0.4, -0.2) is 46.6 Å². The van der Waals surface area contributed by atoms with Gasteiger partial charge in [-0.25, -0.2) is 9.97 Å². The Hall–Kier alpha value is -2.08. The molecule has 5 nitrogen and oxygen atoms in total. The van der Waals surface area contributed by atoms with Crippen LogP contribution in [0, 0.1) is 0 Å². The van der Waals surface area contributed by atoms with E-state index in [0.717, 1.165) is 42.8 Å². The van der Waals surface area contributed by atoms with Crippen molar-refractivity contribution in [2.24, 2.45) is 7.05 Å². The SMILES string of the molecule is CC.CCc1cc(C2=CCN(C)CC2)ccc1N(C)c1cc2c(cn1)ncn2C.[V]. The zero-order valence-corrected chi connectivity index (χ0v) is 20.4. The first kappa shape index (κ1) is 24.2. The molecule has 1 aliphatic rings. The summed E-state index contributed by atoms with van der Waals surface area (Å²) in [5.74, 6) is 0.937. The van der Waals surface area contributed by atoms with Crippen LogP contribution in [0.5, 0.6) is 0 Å². The molecule has 0 N–H and O–H groups in total. The van der Waals surface area contributed by atoms with E-state index < -0.39 is 0 Å². The Labute approximate surface area is 192 Å². The van der Waals surface area contributed by atoms with Gasteiger partial charge in [-0.1, -0.05) is 32.9 Å². The first-order valence-corrected chi connectivity index (χ1v) is 10.6. The Balaban J connectivity index is 0.00000104. The second-order valence-electron chi connectivity index (χ2n) is 7.38. The number of benzene rings is 1. The summed E-state index contributed by atoms with van der Waals surface area (Å²) in [4.78, 5) is 13.5. The van der Waals surface area contributed by atoms with Gasteiger partial charge in [0, 0.05) is 57.5 Å². The number of hydrogen-bond acceptors (Lipinski definition) is 4. The van der Waals surface area contributed by atoms with E-state index in [-0.39, 0.29) is 18.6 Å². The molecule has 0 aliphatic carbocycles. The van der Waals surface area contributed by atoms with Crippen LogP contribution in [0.15, 0.2) is 42.9 Å². The number of anilines is 2. The van der Waals surface area contributed by atoms with Crippen molar-refractivity contribution in [1.82, 2.24) is 19.4 Å². The molecule has 1 aliphatic heterocycles. The number of hydrogen-bond donors (Lipinski definition) is 0. The molecule has 1 aromatic carbocycles. The van der Waals surface area contributed by atoms with Crippen molar-refractivity contribution >= 4 is 28.1 Å². The van der Waals surface area contributed by atoms with E-state index in [1.807, 2.05) is 38.0 Å². The minimum Gasteiger partial charge on any atom is -0.334 e. The molecule has 0 bridgehead atoms. The van der Waals surface area contributed by atoms with Gasteiger partial charge in [-0.15, -0.1) is 0 Å². The third-order valence-electron chi connectivity index (χ3n) is 5.55. The Morgan fingerprint density at radius 2 is 1.87 bits per heavy atom. The third kappa shape index (κ3) is 4.97. The molecule has 2 aromatic heterocycles. The minimum absolute atomic E-state index is 0. The predicted octanol–water partition coefficient (Wildman–Crippen LogP) is 5.04. The fraction of sp³-hybridized carbons (Fsp3) is 0.417. The Kier molecular flexibility index (Phi) is 8.71. The van der Waals surface area contributed by atoms with E-state index in [9.17, 15) is 0 Å². The number of nitrogens with zero attached hydrogens (tertiary/aromatic N) is 5. The van der Waals surface area contributed by atoms with Gasteiger partial charge in [-0.3, -0.25) is 0 Å². The maximum absolute atomic E-state index is 4.63. The van der Waals surface area contributed by atoms with E-state index in [2.05, 4.69) is 71.1 Å². The molecule has 0 saturated heterocycles. The monoisotopic (exact) mass is 442 g/mol. The molecule has 0 unspecified atom stereocenters. The zero-order chi connectivity index (χ0) is 21.0. The molecule has 0 spiro atoms. The fourth-order valence-electron chi connectivity index (χ4n) is 3.76. The average Bonchev–Trinajstić information content (AvgIpc) is 3.15. The summed E-state index contributed by atoms with van der Waals surface area (Å²) < 4.78 is 2.03. The number of imidazole rings is 1. The Morgan fingerprint density at radius 3 is 2.53 bits per heavy atom. The fourth-order valence-corrected chi connectivity index (χ4v) is 3.76. The maximum atomic E-state index is 4.63. The summed E-state index contributed by atoms with van der Waals surface area (Å²) in [7, 11) is 6.28. The molecule has 0 saturated carbocycles. The summed E-state index contributed by atoms with van der Waals surface area (Å²) in [6.45, 7) is 8.38. The molecular formula is C24H33N5V. The second kappa shape index (κ2) is 10.8. The van der Waals surface area contributed by atoms with E-state index in [1.165, 1.54) is 22.4 Å². The quantitative estimate of drug-likeness (QED) is 0.567. The molecule has 4 rings (SSSR count). The minimum atomic E-state index is 0. The van der Waals surface area contributed by atoms with Crippen molar-refractivity contribution in [2.75, 3.05) is 32.1 Å². The predicted molar refractivity (Wildman–Crippen MR) is 124 cm³/mol. The van der Waals surface area contributed by atoms with Gasteiger partial charge in [0.25, 0.3) is 0 Å². The summed E-state index contributed by atoms with van der Waals surface area (Å²) >= 11 is 0. The summed E-state index contributed by atoms with van der Waals surface area (Å²) in [5.41, 5.74) is 7.40. The van der Waals surface area contributed by atoms with Crippen molar-refractivity contribution in [3.8, 4) is 0 Å². The first-order chi connectivity index (χ1) is 14.1. The molecule has 0 fully saturated rings. The largest absolute Gasteiger partial charge is 0.334 e. The number of likely N-dealkylation sites (N-methyl/N-ethyl adjacent to an activating group) is 1. The zero-order valence-electron chi connectivity index (χ0n) is 19.1. The van der Waals surface area contributed by atoms with Gasteiger partial charge < -0.3 is 14.4 Å².